The van der Waals surface area contributed by atoms with Crippen LogP contribution in [0.15, 0.2) is 121 Å². The number of hydrogen-bond donors (Lipinski definition) is 0. The van der Waals surface area contributed by atoms with E-state index < -0.39 is 6.89 Å². The maximum Gasteiger partial charge on any atom is -0.0100 e. The summed E-state index contributed by atoms with van der Waals surface area (Å²) in [5.41, 5.74) is 3.93. The highest BCUT2D eigenvalue weighted by molar-refractivity contribution is 7.83. The molecule has 0 aliphatic rings. The van der Waals surface area contributed by atoms with E-state index in [2.05, 4.69) is 133 Å². The van der Waals surface area contributed by atoms with Gasteiger partial charge in [0.05, 0.1) is 0 Å². The summed E-state index contributed by atoms with van der Waals surface area (Å²) >= 11 is 0. The van der Waals surface area contributed by atoms with Gasteiger partial charge in [-0.2, -0.15) is 23.9 Å². The van der Waals surface area contributed by atoms with E-state index in [9.17, 15) is 0 Å². The van der Waals surface area contributed by atoms with E-state index in [-0.39, 0.29) is 0 Å². The zero-order chi connectivity index (χ0) is 19.1. The third-order valence-electron chi connectivity index (χ3n) is 4.88. The Bertz CT molecular complexity index is 991. The molecule has 0 N–H and O–H groups in total. The molecular weight excluding hydrogens is 355 g/mol. The van der Waals surface area contributed by atoms with Crippen LogP contribution in [0.5, 0.6) is 0 Å². The topological polar surface area (TPSA) is 0 Å². The van der Waals surface area contributed by atoms with Crippen molar-refractivity contribution >= 4 is 18.0 Å². The van der Waals surface area contributed by atoms with Gasteiger partial charge in [0.15, 0.2) is 0 Å². The fourth-order valence-electron chi connectivity index (χ4n) is 3.57. The van der Waals surface area contributed by atoms with Gasteiger partial charge in [-0.15, -0.1) is 19.0 Å². The standard InChI is InChI=1S/C27H24P/c1-5-13-24(14-6-1)21-28(27-19-11-4-12-20-27,22-25-15-7-2-8-16-25)23-26-17-9-3-10-18-26/h1-22H,23H2/q-1. The number of hydrogen-bond acceptors (Lipinski definition) is 0. The smallest absolute Gasteiger partial charge is 0.0100 e. The van der Waals surface area contributed by atoms with Gasteiger partial charge in [0.1, 0.15) is 0 Å². The summed E-state index contributed by atoms with van der Waals surface area (Å²) in [7, 11) is 0. The van der Waals surface area contributed by atoms with Gasteiger partial charge in [0, 0.05) is 0 Å². The van der Waals surface area contributed by atoms with E-state index in [0.29, 0.717) is 0 Å². The molecule has 0 amide bonds. The van der Waals surface area contributed by atoms with Crippen LogP contribution in [0, 0.1) is 6.16 Å². The summed E-state index contributed by atoms with van der Waals surface area (Å²) in [4.78, 5) is 0. The van der Waals surface area contributed by atoms with Crippen molar-refractivity contribution in [3.8, 4) is 0 Å². The predicted molar refractivity (Wildman–Crippen MR) is 125 cm³/mol. The molecule has 0 radical (unpaired) electrons. The second-order valence-electron chi connectivity index (χ2n) is 6.99. The summed E-state index contributed by atoms with van der Waals surface area (Å²) in [6.07, 6.45) is 3.53. The molecule has 4 aromatic rings. The van der Waals surface area contributed by atoms with E-state index >= 15 is 0 Å². The molecule has 0 aliphatic carbocycles. The van der Waals surface area contributed by atoms with Crippen LogP contribution in [0.1, 0.15) is 16.7 Å². The molecule has 138 valence electrons. The fourth-order valence-corrected chi connectivity index (χ4v) is 7.26. The molecule has 0 aromatic heterocycles. The average molecular weight is 379 g/mol. The number of benzene rings is 4. The van der Waals surface area contributed by atoms with Crippen LogP contribution in [0.3, 0.4) is 0 Å². The molecule has 0 nitrogen and oxygen atoms in total. The van der Waals surface area contributed by atoms with Crippen LogP contribution in [0.25, 0.3) is 0 Å². The van der Waals surface area contributed by atoms with Gasteiger partial charge in [-0.25, -0.2) is 0 Å². The minimum Gasteiger partial charge on any atom is -0.187 e. The normalized spacial score (nSPS) is 12.7. The molecule has 1 unspecified atom stereocenters. The van der Waals surface area contributed by atoms with Crippen LogP contribution in [0.2, 0.25) is 0 Å². The Hall–Kier alpha value is -2.95. The Morgan fingerprint density at radius 2 is 1.07 bits per heavy atom. The minimum absolute atomic E-state index is 1.02. The van der Waals surface area contributed by atoms with Gasteiger partial charge in [0.25, 0.3) is 0 Å². The summed E-state index contributed by atoms with van der Waals surface area (Å²) in [6.45, 7) is -1.76. The quantitative estimate of drug-likeness (QED) is 0.262. The zero-order valence-corrected chi connectivity index (χ0v) is 16.8. The summed E-state index contributed by atoms with van der Waals surface area (Å²) in [5.74, 6) is 2.52. The fraction of sp³-hybridized carbons (Fsp3) is 0.0370. The van der Waals surface area contributed by atoms with Crippen LogP contribution >= 0.6 is 6.89 Å². The minimum atomic E-state index is -1.76. The van der Waals surface area contributed by atoms with Crippen molar-refractivity contribution in [1.82, 2.24) is 0 Å². The first-order valence-electron chi connectivity index (χ1n) is 9.63. The lowest BCUT2D eigenvalue weighted by atomic mass is 10.2. The molecule has 28 heavy (non-hydrogen) atoms. The van der Waals surface area contributed by atoms with E-state index in [1.54, 1.807) is 0 Å². The van der Waals surface area contributed by atoms with Crippen molar-refractivity contribution in [2.45, 2.75) is 6.16 Å². The van der Waals surface area contributed by atoms with Gasteiger partial charge in [-0.1, -0.05) is 103 Å². The van der Waals surface area contributed by atoms with E-state index in [4.69, 9.17) is 0 Å². The third kappa shape index (κ3) is 4.47. The lowest BCUT2D eigenvalue weighted by Crippen LogP contribution is -2.11. The maximum absolute atomic E-state index is 2.52. The van der Waals surface area contributed by atoms with Crippen molar-refractivity contribution in [1.29, 1.82) is 0 Å². The van der Waals surface area contributed by atoms with Gasteiger partial charge in [-0.05, 0) is 22.6 Å². The highest BCUT2D eigenvalue weighted by Crippen LogP contribution is 2.54. The predicted octanol–water partition coefficient (Wildman–Crippen LogP) is 6.59. The highest BCUT2D eigenvalue weighted by Gasteiger charge is 2.18. The van der Waals surface area contributed by atoms with Crippen molar-refractivity contribution in [3.05, 3.63) is 144 Å². The molecule has 0 fully saturated rings. The second kappa shape index (κ2) is 8.83. The van der Waals surface area contributed by atoms with E-state index in [0.717, 1.165) is 6.16 Å². The molecule has 0 heterocycles. The van der Waals surface area contributed by atoms with Crippen molar-refractivity contribution in [3.63, 3.8) is 0 Å². The summed E-state index contributed by atoms with van der Waals surface area (Å²) in [6, 6.07) is 43.3. The summed E-state index contributed by atoms with van der Waals surface area (Å²) < 4.78 is 0. The number of rotatable bonds is 6. The lowest BCUT2D eigenvalue weighted by Gasteiger charge is -2.32. The molecular formula is C27H24P-. The largest absolute Gasteiger partial charge is 0.187 e. The van der Waals surface area contributed by atoms with Crippen LogP contribution in [-0.4, -0.2) is 5.80 Å². The van der Waals surface area contributed by atoms with Gasteiger partial charge < -0.3 is 0 Å². The van der Waals surface area contributed by atoms with Crippen LogP contribution in [-0.2, 0) is 6.16 Å². The Kier molecular flexibility index (Phi) is 5.80. The van der Waals surface area contributed by atoms with Crippen molar-refractivity contribution < 1.29 is 0 Å². The molecule has 0 bridgehead atoms. The molecule has 0 saturated carbocycles. The molecule has 0 saturated heterocycles. The third-order valence-corrected chi connectivity index (χ3v) is 8.55. The second-order valence-corrected chi connectivity index (χ2v) is 10.2. The molecule has 1 atom stereocenters. The van der Waals surface area contributed by atoms with Gasteiger partial charge >= 0.3 is 0 Å². The first kappa shape index (κ1) is 18.4. The van der Waals surface area contributed by atoms with Crippen LogP contribution in [0.4, 0.5) is 0 Å². The van der Waals surface area contributed by atoms with Crippen LogP contribution < -0.4 is 5.30 Å². The first-order chi connectivity index (χ1) is 13.8. The Morgan fingerprint density at radius 1 is 0.571 bits per heavy atom. The first-order valence-corrected chi connectivity index (χ1v) is 11.7. The Balaban J connectivity index is 1.91. The molecule has 1 heteroatoms. The molecule has 0 aliphatic heterocycles. The van der Waals surface area contributed by atoms with Gasteiger partial charge in [0.2, 0.25) is 0 Å². The monoisotopic (exact) mass is 379 g/mol. The zero-order valence-electron chi connectivity index (χ0n) is 15.9. The highest BCUT2D eigenvalue weighted by atomic mass is 31.2. The van der Waals surface area contributed by atoms with E-state index in [1.807, 2.05) is 0 Å². The maximum atomic E-state index is 2.52. The Labute approximate surface area is 168 Å². The Morgan fingerprint density at radius 3 is 1.68 bits per heavy atom. The molecule has 0 spiro atoms. The van der Waals surface area contributed by atoms with Crippen molar-refractivity contribution in [2.24, 2.45) is 0 Å². The van der Waals surface area contributed by atoms with E-state index in [1.165, 1.54) is 22.0 Å². The van der Waals surface area contributed by atoms with Gasteiger partial charge in [-0.3, -0.25) is 0 Å². The van der Waals surface area contributed by atoms with Crippen molar-refractivity contribution in [2.75, 3.05) is 0 Å². The lowest BCUT2D eigenvalue weighted by molar-refractivity contribution is 1.39. The SMILES string of the molecule is C(c1ccccc1)=P([CH-]c1ccccc1)(Cc1ccccc1)c1ccccc1. The molecule has 4 rings (SSSR count). The average Bonchev–Trinajstić information content (AvgIpc) is 2.76. The summed E-state index contributed by atoms with van der Waals surface area (Å²) in [5, 5.41) is 1.41. The molecule has 4 aromatic carbocycles.